The summed E-state index contributed by atoms with van der Waals surface area (Å²) in [5, 5.41) is 6.81. The molecule has 0 unspecified atom stereocenters. The highest BCUT2D eigenvalue weighted by atomic mass is 35.5. The van der Waals surface area contributed by atoms with Crippen molar-refractivity contribution >= 4 is 60.2 Å². The number of aryl methyl sites for hydroxylation is 2. The van der Waals surface area contributed by atoms with Crippen molar-refractivity contribution in [2.24, 2.45) is 0 Å². The average Bonchev–Trinajstić information content (AvgIpc) is 3.40. The van der Waals surface area contributed by atoms with Crippen LogP contribution in [0.15, 0.2) is 34.1 Å². The molecule has 2 amide bonds. The minimum atomic E-state index is 0. The van der Waals surface area contributed by atoms with E-state index in [4.69, 9.17) is 0 Å². The molecular formula is C30H42Cl2N4O2S2. The Morgan fingerprint density at radius 2 is 1.12 bits per heavy atom. The fourth-order valence-corrected chi connectivity index (χ4v) is 7.66. The van der Waals surface area contributed by atoms with Gasteiger partial charge in [-0.1, -0.05) is 38.8 Å². The van der Waals surface area contributed by atoms with Gasteiger partial charge in [0.25, 0.3) is 11.8 Å². The third kappa shape index (κ3) is 6.18. The first-order chi connectivity index (χ1) is 18.5. The quantitative estimate of drug-likeness (QED) is 0.398. The monoisotopic (exact) mass is 624 g/mol. The number of hydrogen-bond acceptors (Lipinski definition) is 6. The molecule has 6 rings (SSSR count). The molecule has 4 aliphatic heterocycles. The first-order valence-corrected chi connectivity index (χ1v) is 16.4. The molecule has 2 atom stereocenters. The number of benzene rings is 2. The summed E-state index contributed by atoms with van der Waals surface area (Å²) in [4.78, 5) is 31.5. The van der Waals surface area contributed by atoms with Gasteiger partial charge in [0, 0.05) is 49.1 Å². The molecule has 4 aliphatic rings. The van der Waals surface area contributed by atoms with Crippen LogP contribution >= 0.6 is 48.3 Å². The summed E-state index contributed by atoms with van der Waals surface area (Å²) < 4.78 is 0. The number of carbonyl (C=O) groups is 2. The number of piperazine rings is 2. The molecule has 6 nitrogen and oxygen atoms in total. The summed E-state index contributed by atoms with van der Waals surface area (Å²) in [6, 6.07) is 9.42. The smallest absolute Gasteiger partial charge is 0.255 e. The molecule has 2 saturated heterocycles. The van der Waals surface area contributed by atoms with Crippen LogP contribution in [0.4, 0.5) is 0 Å². The molecule has 40 heavy (non-hydrogen) atoms. The van der Waals surface area contributed by atoms with Crippen LogP contribution in [0, 0.1) is 0 Å². The van der Waals surface area contributed by atoms with Crippen molar-refractivity contribution in [3.63, 3.8) is 0 Å². The lowest BCUT2D eigenvalue weighted by Gasteiger charge is -2.30. The second kappa shape index (κ2) is 14.7. The van der Waals surface area contributed by atoms with Gasteiger partial charge in [-0.2, -0.15) is 0 Å². The molecule has 0 aromatic heterocycles. The van der Waals surface area contributed by atoms with Gasteiger partial charge in [0.05, 0.1) is 23.2 Å². The molecule has 0 radical (unpaired) electrons. The molecule has 2 fully saturated rings. The van der Waals surface area contributed by atoms with Crippen molar-refractivity contribution in [2.45, 2.75) is 61.4 Å². The van der Waals surface area contributed by atoms with E-state index in [2.05, 4.69) is 61.3 Å². The molecule has 10 heteroatoms. The summed E-state index contributed by atoms with van der Waals surface area (Å²) >= 11 is 3.39. The molecule has 0 aliphatic carbocycles. The summed E-state index contributed by atoms with van der Waals surface area (Å²) in [5.41, 5.74) is 7.14. The number of carbonyl (C=O) groups excluding carboxylic acids is 2. The van der Waals surface area contributed by atoms with Gasteiger partial charge < -0.3 is 20.4 Å². The van der Waals surface area contributed by atoms with E-state index in [-0.39, 0.29) is 48.7 Å². The lowest BCUT2D eigenvalue weighted by atomic mass is 9.98. The van der Waals surface area contributed by atoms with Crippen LogP contribution < -0.4 is 10.6 Å². The van der Waals surface area contributed by atoms with Crippen LogP contribution in [0.5, 0.6) is 0 Å². The number of halogens is 2. The third-order valence-electron chi connectivity index (χ3n) is 8.06. The molecule has 0 saturated carbocycles. The van der Waals surface area contributed by atoms with E-state index in [1.807, 2.05) is 9.80 Å². The maximum Gasteiger partial charge on any atom is 0.255 e. The molecule has 2 N–H and O–H groups in total. The van der Waals surface area contributed by atoms with E-state index in [9.17, 15) is 9.59 Å². The summed E-state index contributed by atoms with van der Waals surface area (Å²) in [6.45, 7) is 9.66. The van der Waals surface area contributed by atoms with E-state index in [1.54, 1.807) is 23.5 Å². The van der Waals surface area contributed by atoms with Crippen molar-refractivity contribution < 1.29 is 9.59 Å². The number of nitrogens with zero attached hydrogens (tertiary/aromatic N) is 2. The molecule has 0 spiro atoms. The van der Waals surface area contributed by atoms with Gasteiger partial charge in [-0.25, -0.2) is 0 Å². The van der Waals surface area contributed by atoms with E-state index >= 15 is 0 Å². The zero-order valence-electron chi connectivity index (χ0n) is 23.9. The lowest BCUT2D eigenvalue weighted by molar-refractivity contribution is 0.0681. The largest absolute Gasteiger partial charge is 0.329 e. The van der Waals surface area contributed by atoms with Crippen molar-refractivity contribution in [1.29, 1.82) is 0 Å². The standard InChI is InChI=1S/2C15H20N2OS.2ClH/c2*1-3-4-10-7-11-12-9-16-5-6-17(12)15(18)14(11)13(8-10)19-2;;/h2*7-8,12,16H,3-6,9H2,1-2H3;2*1H/t2*12-;;/m10../s1. The van der Waals surface area contributed by atoms with Crippen LogP contribution in [0.2, 0.25) is 0 Å². The van der Waals surface area contributed by atoms with Crippen molar-refractivity contribution in [1.82, 2.24) is 20.4 Å². The predicted octanol–water partition coefficient (Wildman–Crippen LogP) is 5.77. The lowest BCUT2D eigenvalue weighted by Crippen LogP contribution is -2.44. The number of amides is 2. The number of rotatable bonds is 6. The van der Waals surface area contributed by atoms with Gasteiger partial charge in [-0.3, -0.25) is 9.59 Å². The Morgan fingerprint density at radius 1 is 0.725 bits per heavy atom. The summed E-state index contributed by atoms with van der Waals surface area (Å²) in [6.07, 6.45) is 8.60. The second-order valence-corrected chi connectivity index (χ2v) is 12.2. The normalized spacial score (nSPS) is 20.4. The van der Waals surface area contributed by atoms with Crippen LogP contribution in [0.3, 0.4) is 0 Å². The van der Waals surface area contributed by atoms with Crippen LogP contribution in [-0.4, -0.2) is 73.4 Å². The minimum absolute atomic E-state index is 0. The van der Waals surface area contributed by atoms with Crippen LogP contribution in [0.1, 0.15) is 81.7 Å². The third-order valence-corrected chi connectivity index (χ3v) is 9.58. The Balaban J connectivity index is 0.000000210. The Labute approximate surface area is 260 Å². The average molecular weight is 626 g/mol. The maximum atomic E-state index is 12.6. The first-order valence-electron chi connectivity index (χ1n) is 14.0. The van der Waals surface area contributed by atoms with E-state index in [0.717, 1.165) is 85.9 Å². The number of nitrogens with one attached hydrogen (secondary N) is 2. The summed E-state index contributed by atoms with van der Waals surface area (Å²) in [5.74, 6) is 0.461. The van der Waals surface area contributed by atoms with E-state index < -0.39 is 0 Å². The predicted molar refractivity (Wildman–Crippen MR) is 172 cm³/mol. The van der Waals surface area contributed by atoms with Crippen LogP contribution in [0.25, 0.3) is 0 Å². The Morgan fingerprint density at radius 3 is 1.48 bits per heavy atom. The Hall–Kier alpha value is -1.42. The highest BCUT2D eigenvalue weighted by Crippen LogP contribution is 2.41. The first kappa shape index (κ1) is 33.1. The fraction of sp³-hybridized carbons (Fsp3) is 0.533. The molecule has 2 aromatic rings. The van der Waals surface area contributed by atoms with E-state index in [0.29, 0.717) is 0 Å². The minimum Gasteiger partial charge on any atom is -0.329 e. The molecule has 220 valence electrons. The number of hydrogen-bond donors (Lipinski definition) is 2. The molecular weight excluding hydrogens is 583 g/mol. The van der Waals surface area contributed by atoms with Gasteiger partial charge in [0.1, 0.15) is 0 Å². The number of fused-ring (bicyclic) bond motifs is 6. The second-order valence-electron chi connectivity index (χ2n) is 10.5. The Bertz CT molecular complexity index is 1140. The molecule has 2 aromatic carbocycles. The van der Waals surface area contributed by atoms with Crippen LogP contribution in [-0.2, 0) is 12.8 Å². The molecule has 4 heterocycles. The zero-order valence-corrected chi connectivity index (χ0v) is 27.1. The maximum absolute atomic E-state index is 12.6. The van der Waals surface area contributed by atoms with Gasteiger partial charge in [-0.05, 0) is 59.7 Å². The Kier molecular flexibility index (Phi) is 12.1. The van der Waals surface area contributed by atoms with Gasteiger partial charge >= 0.3 is 0 Å². The molecule has 0 bridgehead atoms. The fourth-order valence-electron chi connectivity index (χ4n) is 6.30. The van der Waals surface area contributed by atoms with Crippen molar-refractivity contribution in [3.8, 4) is 0 Å². The van der Waals surface area contributed by atoms with Gasteiger partial charge in [-0.15, -0.1) is 48.3 Å². The van der Waals surface area contributed by atoms with Crippen molar-refractivity contribution in [3.05, 3.63) is 57.6 Å². The highest BCUT2D eigenvalue weighted by molar-refractivity contribution is 7.99. The zero-order chi connectivity index (χ0) is 26.8. The topological polar surface area (TPSA) is 64.7 Å². The highest BCUT2D eigenvalue weighted by Gasteiger charge is 2.40. The van der Waals surface area contributed by atoms with Crippen molar-refractivity contribution in [2.75, 3.05) is 51.8 Å². The number of thioether (sulfide) groups is 2. The van der Waals surface area contributed by atoms with E-state index in [1.165, 1.54) is 22.3 Å². The van der Waals surface area contributed by atoms with Gasteiger partial charge in [0.15, 0.2) is 0 Å². The van der Waals surface area contributed by atoms with Gasteiger partial charge in [0.2, 0.25) is 0 Å². The SMILES string of the molecule is CCCc1cc(SC)c2c(c1)[C@@H]1CNCCN1C2=O.CCCc1cc(SC)c2c(c1)[C@H]1CNCCN1C2=O.Cl.Cl. The summed E-state index contributed by atoms with van der Waals surface area (Å²) in [7, 11) is 0.